The van der Waals surface area contributed by atoms with E-state index in [2.05, 4.69) is 0 Å². The molecule has 0 aromatic heterocycles. The highest BCUT2D eigenvalue weighted by Crippen LogP contribution is 2.40. The molecule has 0 bridgehead atoms. The van der Waals surface area contributed by atoms with Gasteiger partial charge >= 0.3 is 0 Å². The zero-order valence-electron chi connectivity index (χ0n) is 7.53. The second-order valence-corrected chi connectivity index (χ2v) is 5.63. The second kappa shape index (κ2) is 2.84. The van der Waals surface area contributed by atoms with Crippen LogP contribution in [-0.4, -0.2) is 14.7 Å². The Kier molecular flexibility index (Phi) is 1.91. The smallest absolute Gasteiger partial charge is 0.175 e. The van der Waals surface area contributed by atoms with Gasteiger partial charge in [-0.3, -0.25) is 0 Å². The molecule has 1 aliphatic carbocycles. The molecule has 70 valence electrons. The van der Waals surface area contributed by atoms with E-state index in [0.29, 0.717) is 10.8 Å². The van der Waals surface area contributed by atoms with Crippen molar-refractivity contribution >= 4 is 9.84 Å². The third kappa shape index (κ3) is 1.91. The van der Waals surface area contributed by atoms with E-state index in [9.17, 15) is 8.42 Å². The summed E-state index contributed by atoms with van der Waals surface area (Å²) in [5, 5.41) is 0. The molecule has 1 saturated carbocycles. The van der Waals surface area contributed by atoms with Gasteiger partial charge in [0.25, 0.3) is 0 Å². The van der Waals surface area contributed by atoms with Crippen LogP contribution in [0.3, 0.4) is 0 Å². The van der Waals surface area contributed by atoms with Crippen LogP contribution in [0.4, 0.5) is 0 Å². The first-order valence-electron chi connectivity index (χ1n) is 4.37. The van der Waals surface area contributed by atoms with Crippen LogP contribution in [0.5, 0.6) is 0 Å². The number of benzene rings is 1. The van der Waals surface area contributed by atoms with E-state index in [-0.39, 0.29) is 0 Å². The average Bonchev–Trinajstić information content (AvgIpc) is 2.85. The van der Waals surface area contributed by atoms with E-state index in [1.165, 1.54) is 24.7 Å². The van der Waals surface area contributed by atoms with E-state index in [0.717, 1.165) is 0 Å². The van der Waals surface area contributed by atoms with Gasteiger partial charge in [0.1, 0.15) is 0 Å². The van der Waals surface area contributed by atoms with Gasteiger partial charge in [0.2, 0.25) is 0 Å². The molecular weight excluding hydrogens is 184 g/mol. The topological polar surface area (TPSA) is 34.1 Å². The fraction of sp³-hybridized carbons (Fsp3) is 0.400. The molecule has 1 aromatic carbocycles. The van der Waals surface area contributed by atoms with Gasteiger partial charge in [-0.1, -0.05) is 12.1 Å². The van der Waals surface area contributed by atoms with Crippen LogP contribution in [0.2, 0.25) is 0 Å². The Bertz CT molecular complexity index is 416. The number of hydrogen-bond acceptors (Lipinski definition) is 2. The lowest BCUT2D eigenvalue weighted by atomic mass is 10.1. The van der Waals surface area contributed by atoms with Crippen LogP contribution in [-0.2, 0) is 9.84 Å². The van der Waals surface area contributed by atoms with Gasteiger partial charge < -0.3 is 0 Å². The summed E-state index contributed by atoms with van der Waals surface area (Å²) in [5.74, 6) is 0.613. The standard InChI is InChI=1S/C10H12O2S/c1-13(11,12)10-4-2-3-9(7-10)8-5-6-8/h2-4,7-8H,5-6H2,1H3. The third-order valence-corrected chi connectivity index (χ3v) is 3.45. The first kappa shape index (κ1) is 8.75. The lowest BCUT2D eigenvalue weighted by molar-refractivity contribution is 0.601. The quantitative estimate of drug-likeness (QED) is 0.724. The summed E-state index contributed by atoms with van der Waals surface area (Å²) in [6, 6.07) is 7.28. The molecule has 0 radical (unpaired) electrons. The van der Waals surface area contributed by atoms with Crippen LogP contribution >= 0.6 is 0 Å². The van der Waals surface area contributed by atoms with Crippen LogP contribution in [0, 0.1) is 0 Å². The Balaban J connectivity index is 2.43. The third-order valence-electron chi connectivity index (χ3n) is 2.33. The van der Waals surface area contributed by atoms with Gasteiger partial charge in [-0.15, -0.1) is 0 Å². The van der Waals surface area contributed by atoms with Crippen molar-refractivity contribution < 1.29 is 8.42 Å². The second-order valence-electron chi connectivity index (χ2n) is 3.62. The zero-order valence-corrected chi connectivity index (χ0v) is 8.34. The van der Waals surface area contributed by atoms with Gasteiger partial charge in [0, 0.05) is 6.26 Å². The van der Waals surface area contributed by atoms with Gasteiger partial charge in [0.05, 0.1) is 4.90 Å². The van der Waals surface area contributed by atoms with E-state index in [1.807, 2.05) is 12.1 Å². The SMILES string of the molecule is CS(=O)(=O)c1cccc(C2CC2)c1. The van der Waals surface area contributed by atoms with Crippen molar-refractivity contribution in [2.24, 2.45) is 0 Å². The summed E-state index contributed by atoms with van der Waals surface area (Å²) in [7, 11) is -3.03. The van der Waals surface area contributed by atoms with Gasteiger partial charge in [0.15, 0.2) is 9.84 Å². The number of rotatable bonds is 2. The van der Waals surface area contributed by atoms with E-state index >= 15 is 0 Å². The average molecular weight is 196 g/mol. The maximum atomic E-state index is 11.2. The number of sulfone groups is 1. The number of hydrogen-bond donors (Lipinski definition) is 0. The van der Waals surface area contributed by atoms with E-state index < -0.39 is 9.84 Å². The summed E-state index contributed by atoms with van der Waals surface area (Å²) in [6.07, 6.45) is 3.65. The molecule has 0 atom stereocenters. The summed E-state index contributed by atoms with van der Waals surface area (Å²) in [5.41, 5.74) is 1.17. The van der Waals surface area contributed by atoms with Crippen molar-refractivity contribution in [1.82, 2.24) is 0 Å². The van der Waals surface area contributed by atoms with Crippen LogP contribution in [0.15, 0.2) is 29.2 Å². The largest absolute Gasteiger partial charge is 0.224 e. The predicted octanol–water partition coefficient (Wildman–Crippen LogP) is 1.97. The highest BCUT2D eigenvalue weighted by Gasteiger charge is 2.24. The summed E-state index contributed by atoms with van der Waals surface area (Å²) < 4.78 is 22.5. The molecule has 2 rings (SSSR count). The molecule has 2 nitrogen and oxygen atoms in total. The van der Waals surface area contributed by atoms with Crippen molar-refractivity contribution in [3.63, 3.8) is 0 Å². The molecule has 0 unspecified atom stereocenters. The van der Waals surface area contributed by atoms with Gasteiger partial charge in [-0.2, -0.15) is 0 Å². The molecule has 0 N–H and O–H groups in total. The minimum atomic E-state index is -3.03. The minimum absolute atomic E-state index is 0.442. The normalized spacial score (nSPS) is 17.3. The van der Waals surface area contributed by atoms with Crippen LogP contribution < -0.4 is 0 Å². The maximum Gasteiger partial charge on any atom is 0.175 e. The minimum Gasteiger partial charge on any atom is -0.224 e. The monoisotopic (exact) mass is 196 g/mol. The van der Waals surface area contributed by atoms with Crippen LogP contribution in [0.25, 0.3) is 0 Å². The molecule has 0 aliphatic heterocycles. The Morgan fingerprint density at radius 1 is 1.31 bits per heavy atom. The molecule has 3 heteroatoms. The lowest BCUT2D eigenvalue weighted by Gasteiger charge is -2.01. The molecule has 0 saturated heterocycles. The summed E-state index contributed by atoms with van der Waals surface area (Å²) in [4.78, 5) is 0.442. The van der Waals surface area contributed by atoms with E-state index in [1.54, 1.807) is 12.1 Å². The highest BCUT2D eigenvalue weighted by atomic mass is 32.2. The zero-order chi connectivity index (χ0) is 9.47. The van der Waals surface area contributed by atoms with E-state index in [4.69, 9.17) is 0 Å². The Labute approximate surface area is 78.5 Å². The molecule has 13 heavy (non-hydrogen) atoms. The highest BCUT2D eigenvalue weighted by molar-refractivity contribution is 7.90. The first-order chi connectivity index (χ1) is 6.07. The van der Waals surface area contributed by atoms with Crippen molar-refractivity contribution in [1.29, 1.82) is 0 Å². The Morgan fingerprint density at radius 3 is 2.54 bits per heavy atom. The summed E-state index contributed by atoms with van der Waals surface area (Å²) in [6.45, 7) is 0. The van der Waals surface area contributed by atoms with Crippen molar-refractivity contribution in [2.45, 2.75) is 23.7 Å². The molecule has 0 spiro atoms. The molecule has 1 aliphatic rings. The van der Waals surface area contributed by atoms with Crippen molar-refractivity contribution in [3.05, 3.63) is 29.8 Å². The molecular formula is C10H12O2S. The predicted molar refractivity (Wildman–Crippen MR) is 51.5 cm³/mol. The fourth-order valence-electron chi connectivity index (χ4n) is 1.42. The van der Waals surface area contributed by atoms with Gasteiger partial charge in [-0.05, 0) is 36.5 Å². The van der Waals surface area contributed by atoms with Crippen molar-refractivity contribution in [3.8, 4) is 0 Å². The van der Waals surface area contributed by atoms with Gasteiger partial charge in [-0.25, -0.2) is 8.42 Å². The molecule has 0 amide bonds. The summed E-state index contributed by atoms with van der Waals surface area (Å²) >= 11 is 0. The molecule has 0 heterocycles. The fourth-order valence-corrected chi connectivity index (χ4v) is 2.09. The first-order valence-corrected chi connectivity index (χ1v) is 6.26. The Hall–Kier alpha value is -0.830. The lowest BCUT2D eigenvalue weighted by Crippen LogP contribution is -1.97. The molecule has 1 aromatic rings. The molecule has 1 fully saturated rings. The van der Waals surface area contributed by atoms with Crippen molar-refractivity contribution in [2.75, 3.05) is 6.26 Å². The maximum absolute atomic E-state index is 11.2. The van der Waals surface area contributed by atoms with Crippen LogP contribution in [0.1, 0.15) is 24.3 Å². The Morgan fingerprint density at radius 2 is 2.00 bits per heavy atom.